The van der Waals surface area contributed by atoms with Crippen LogP contribution in [-0.4, -0.2) is 4.98 Å². The third-order valence-electron chi connectivity index (χ3n) is 3.45. The van der Waals surface area contributed by atoms with Gasteiger partial charge in [-0.05, 0) is 32.3 Å². The summed E-state index contributed by atoms with van der Waals surface area (Å²) in [5.41, 5.74) is 3.85. The van der Waals surface area contributed by atoms with E-state index in [1.165, 1.54) is 48.1 Å². The number of thiazole rings is 1. The summed E-state index contributed by atoms with van der Waals surface area (Å²) in [6, 6.07) is 8.96. The fourth-order valence-electron chi connectivity index (χ4n) is 2.38. The predicted octanol–water partition coefficient (Wildman–Crippen LogP) is 5.55. The first-order chi connectivity index (χ1) is 9.20. The maximum atomic E-state index is 4.62. The van der Waals surface area contributed by atoms with Crippen LogP contribution in [0, 0.1) is 13.8 Å². The van der Waals surface area contributed by atoms with Gasteiger partial charge in [0.05, 0.1) is 10.7 Å². The number of aryl methyl sites for hydroxylation is 3. The van der Waals surface area contributed by atoms with E-state index in [0.717, 1.165) is 10.7 Å². The predicted molar refractivity (Wildman–Crippen MR) is 84.9 cm³/mol. The van der Waals surface area contributed by atoms with Gasteiger partial charge in [0.25, 0.3) is 0 Å². The molecule has 2 rings (SSSR count). The molecule has 1 nitrogen and oxygen atoms in total. The Morgan fingerprint density at radius 1 is 1.00 bits per heavy atom. The highest BCUT2D eigenvalue weighted by Crippen LogP contribution is 2.27. The van der Waals surface area contributed by atoms with E-state index in [1.54, 1.807) is 11.3 Å². The van der Waals surface area contributed by atoms with Crippen molar-refractivity contribution < 1.29 is 0 Å². The summed E-state index contributed by atoms with van der Waals surface area (Å²) in [4.78, 5) is 5.93. The molecule has 0 atom stereocenters. The Morgan fingerprint density at radius 2 is 1.74 bits per heavy atom. The van der Waals surface area contributed by atoms with Crippen molar-refractivity contribution in [1.82, 2.24) is 4.98 Å². The smallest absolute Gasteiger partial charge is 0.0904 e. The van der Waals surface area contributed by atoms with Gasteiger partial charge in [-0.25, -0.2) is 4.98 Å². The maximum absolute atomic E-state index is 4.62. The second kappa shape index (κ2) is 6.85. The second-order valence-electron chi connectivity index (χ2n) is 5.15. The molecule has 102 valence electrons. The van der Waals surface area contributed by atoms with Crippen LogP contribution in [0.25, 0.3) is 11.3 Å². The van der Waals surface area contributed by atoms with Crippen molar-refractivity contribution in [2.24, 2.45) is 0 Å². The zero-order chi connectivity index (χ0) is 13.7. The molecule has 0 bridgehead atoms. The first-order valence-electron chi connectivity index (χ1n) is 7.24. The standard InChI is InChI=1S/C17H23NS/c1-4-5-6-7-8-15-9-11-16(12-10-15)17-13(2)19-14(3)18-17/h9-12H,4-8H2,1-3H3. The first kappa shape index (κ1) is 14.3. The summed E-state index contributed by atoms with van der Waals surface area (Å²) in [7, 11) is 0. The average Bonchev–Trinajstić information content (AvgIpc) is 2.75. The minimum Gasteiger partial charge on any atom is -0.241 e. The topological polar surface area (TPSA) is 12.9 Å². The molecule has 2 heteroatoms. The maximum Gasteiger partial charge on any atom is 0.0904 e. The molecule has 0 radical (unpaired) electrons. The Hall–Kier alpha value is -1.15. The van der Waals surface area contributed by atoms with Crippen LogP contribution < -0.4 is 0 Å². The highest BCUT2D eigenvalue weighted by molar-refractivity contribution is 7.11. The summed E-state index contributed by atoms with van der Waals surface area (Å²) < 4.78 is 0. The second-order valence-corrected chi connectivity index (χ2v) is 6.55. The molecular weight excluding hydrogens is 250 g/mol. The number of benzene rings is 1. The number of aromatic nitrogens is 1. The minimum atomic E-state index is 1.15. The van der Waals surface area contributed by atoms with Crippen molar-refractivity contribution in [2.45, 2.75) is 52.9 Å². The van der Waals surface area contributed by atoms with E-state index in [0.29, 0.717) is 0 Å². The van der Waals surface area contributed by atoms with Crippen molar-refractivity contribution in [3.8, 4) is 11.3 Å². The van der Waals surface area contributed by atoms with Gasteiger partial charge in [-0.15, -0.1) is 11.3 Å². The molecule has 0 saturated carbocycles. The SMILES string of the molecule is CCCCCCc1ccc(-c2nc(C)sc2C)cc1. The number of hydrogen-bond donors (Lipinski definition) is 0. The van der Waals surface area contributed by atoms with Gasteiger partial charge in [-0.1, -0.05) is 50.5 Å². The lowest BCUT2D eigenvalue weighted by Crippen LogP contribution is -1.87. The normalized spacial score (nSPS) is 10.9. The number of rotatable bonds is 6. The van der Waals surface area contributed by atoms with Crippen LogP contribution in [0.2, 0.25) is 0 Å². The Labute approximate surface area is 120 Å². The highest BCUT2D eigenvalue weighted by Gasteiger charge is 2.07. The first-order valence-corrected chi connectivity index (χ1v) is 8.05. The fraction of sp³-hybridized carbons (Fsp3) is 0.471. The summed E-state index contributed by atoms with van der Waals surface area (Å²) in [5, 5.41) is 1.15. The van der Waals surface area contributed by atoms with Crippen LogP contribution >= 0.6 is 11.3 Å². The zero-order valence-corrected chi connectivity index (χ0v) is 13.0. The van der Waals surface area contributed by atoms with Gasteiger partial charge in [-0.3, -0.25) is 0 Å². The fourth-order valence-corrected chi connectivity index (χ4v) is 3.22. The van der Waals surface area contributed by atoms with E-state index >= 15 is 0 Å². The van der Waals surface area contributed by atoms with E-state index in [-0.39, 0.29) is 0 Å². The lowest BCUT2D eigenvalue weighted by Gasteiger charge is -2.03. The lowest BCUT2D eigenvalue weighted by atomic mass is 10.0. The Balaban J connectivity index is 2.00. The number of nitrogens with zero attached hydrogens (tertiary/aromatic N) is 1. The van der Waals surface area contributed by atoms with Gasteiger partial charge >= 0.3 is 0 Å². The van der Waals surface area contributed by atoms with Crippen LogP contribution in [0.5, 0.6) is 0 Å². The van der Waals surface area contributed by atoms with Gasteiger partial charge in [0.2, 0.25) is 0 Å². The Morgan fingerprint density at radius 3 is 2.32 bits per heavy atom. The van der Waals surface area contributed by atoms with Crippen LogP contribution in [0.15, 0.2) is 24.3 Å². The van der Waals surface area contributed by atoms with Crippen molar-refractivity contribution >= 4 is 11.3 Å². The number of unbranched alkanes of at least 4 members (excludes halogenated alkanes) is 3. The summed E-state index contributed by atoms with van der Waals surface area (Å²) >= 11 is 1.78. The van der Waals surface area contributed by atoms with Crippen molar-refractivity contribution in [3.63, 3.8) is 0 Å². The average molecular weight is 273 g/mol. The van der Waals surface area contributed by atoms with E-state index in [1.807, 2.05) is 0 Å². The van der Waals surface area contributed by atoms with Gasteiger partial charge in [0.15, 0.2) is 0 Å². The lowest BCUT2D eigenvalue weighted by molar-refractivity contribution is 0.667. The molecular formula is C17H23NS. The molecule has 0 spiro atoms. The molecule has 2 aromatic rings. The Bertz CT molecular complexity index is 511. The third kappa shape index (κ3) is 3.90. The molecule has 1 heterocycles. The van der Waals surface area contributed by atoms with Gasteiger partial charge in [0.1, 0.15) is 0 Å². The van der Waals surface area contributed by atoms with E-state index in [9.17, 15) is 0 Å². The van der Waals surface area contributed by atoms with E-state index < -0.39 is 0 Å². The highest BCUT2D eigenvalue weighted by atomic mass is 32.1. The molecule has 0 saturated heterocycles. The van der Waals surface area contributed by atoms with Gasteiger partial charge in [0, 0.05) is 10.4 Å². The van der Waals surface area contributed by atoms with Crippen molar-refractivity contribution in [1.29, 1.82) is 0 Å². The van der Waals surface area contributed by atoms with Gasteiger partial charge < -0.3 is 0 Å². The Kier molecular flexibility index (Phi) is 5.15. The van der Waals surface area contributed by atoms with Crippen LogP contribution in [-0.2, 0) is 6.42 Å². The summed E-state index contributed by atoms with van der Waals surface area (Å²) in [5.74, 6) is 0. The largest absolute Gasteiger partial charge is 0.241 e. The molecule has 0 aliphatic carbocycles. The molecule has 0 unspecified atom stereocenters. The van der Waals surface area contributed by atoms with E-state index in [4.69, 9.17) is 0 Å². The molecule has 1 aromatic heterocycles. The van der Waals surface area contributed by atoms with Crippen LogP contribution in [0.3, 0.4) is 0 Å². The van der Waals surface area contributed by atoms with Crippen LogP contribution in [0.4, 0.5) is 0 Å². The van der Waals surface area contributed by atoms with Crippen LogP contribution in [0.1, 0.15) is 48.1 Å². The van der Waals surface area contributed by atoms with Gasteiger partial charge in [-0.2, -0.15) is 0 Å². The molecule has 1 aromatic carbocycles. The summed E-state index contributed by atoms with van der Waals surface area (Å²) in [6.07, 6.45) is 6.52. The van der Waals surface area contributed by atoms with E-state index in [2.05, 4.69) is 50.0 Å². The molecule has 0 fully saturated rings. The molecule has 0 N–H and O–H groups in total. The quantitative estimate of drug-likeness (QED) is 0.629. The minimum absolute atomic E-state index is 1.15. The molecule has 0 amide bonds. The monoisotopic (exact) mass is 273 g/mol. The summed E-state index contributed by atoms with van der Waals surface area (Å²) in [6.45, 7) is 6.48. The number of hydrogen-bond acceptors (Lipinski definition) is 2. The van der Waals surface area contributed by atoms with Crippen molar-refractivity contribution in [2.75, 3.05) is 0 Å². The molecule has 0 aliphatic heterocycles. The molecule has 19 heavy (non-hydrogen) atoms. The van der Waals surface area contributed by atoms with Crippen molar-refractivity contribution in [3.05, 3.63) is 39.7 Å². The molecule has 0 aliphatic rings. The third-order valence-corrected chi connectivity index (χ3v) is 4.34. The zero-order valence-electron chi connectivity index (χ0n) is 12.2.